The Morgan fingerprint density at radius 2 is 2.18 bits per heavy atom. The van der Waals surface area contributed by atoms with Gasteiger partial charge < -0.3 is 13.8 Å². The molecule has 0 aliphatic heterocycles. The van der Waals surface area contributed by atoms with E-state index in [4.69, 9.17) is 8.85 Å². The van der Waals surface area contributed by atoms with Gasteiger partial charge in [-0.2, -0.15) is 0 Å². The third kappa shape index (κ3) is 8.22. The Bertz CT molecular complexity index is 92.7. The number of likely N-dealkylation sites (N-methyl/N-ethyl adjacent to an activating group) is 1. The van der Waals surface area contributed by atoms with Crippen LogP contribution < -0.4 is 0 Å². The molecule has 5 heteroatoms. The standard InChI is InChI=1S/C6H19NO2Si2/c1-6(4-7(2)3)8-5-11-9-10/h6H,4-5,11H2,1-3,10H3. The van der Waals surface area contributed by atoms with E-state index in [0.29, 0.717) is 6.10 Å². The summed E-state index contributed by atoms with van der Waals surface area (Å²) in [5.74, 6) is 0. The van der Waals surface area contributed by atoms with E-state index in [1.54, 1.807) is 0 Å². The van der Waals surface area contributed by atoms with Crippen molar-refractivity contribution in [1.82, 2.24) is 4.90 Å². The molecule has 0 saturated heterocycles. The van der Waals surface area contributed by atoms with Gasteiger partial charge in [-0.1, -0.05) is 0 Å². The minimum Gasteiger partial charge on any atom is -0.466 e. The van der Waals surface area contributed by atoms with Crippen molar-refractivity contribution in [3.05, 3.63) is 0 Å². The second kappa shape index (κ2) is 6.99. The van der Waals surface area contributed by atoms with E-state index in [-0.39, 0.29) is 9.76 Å². The lowest BCUT2D eigenvalue weighted by molar-refractivity contribution is 0.0749. The monoisotopic (exact) mass is 193 g/mol. The topological polar surface area (TPSA) is 21.7 Å². The van der Waals surface area contributed by atoms with E-state index in [1.807, 2.05) is 0 Å². The van der Waals surface area contributed by atoms with Gasteiger partial charge in [0, 0.05) is 6.54 Å². The Balaban J connectivity index is 3.15. The minimum absolute atomic E-state index is 0.334. The minimum atomic E-state index is -0.334. The van der Waals surface area contributed by atoms with Crippen LogP contribution in [0.2, 0.25) is 0 Å². The summed E-state index contributed by atoms with van der Waals surface area (Å²) in [6.45, 7) is 3.09. The van der Waals surface area contributed by atoms with Gasteiger partial charge in [-0.3, -0.25) is 0 Å². The highest BCUT2D eigenvalue weighted by molar-refractivity contribution is 6.34. The molecule has 0 bridgehead atoms. The summed E-state index contributed by atoms with van der Waals surface area (Å²) in [6.07, 6.45) is 1.20. The van der Waals surface area contributed by atoms with Gasteiger partial charge in [0.2, 0.25) is 0 Å². The molecule has 0 saturated carbocycles. The van der Waals surface area contributed by atoms with Crippen LogP contribution in [0.1, 0.15) is 6.92 Å². The summed E-state index contributed by atoms with van der Waals surface area (Å²) >= 11 is 0. The molecular formula is C6H19NO2Si2. The van der Waals surface area contributed by atoms with Gasteiger partial charge in [-0.15, -0.1) is 0 Å². The Labute approximate surface area is 74.5 Å². The molecule has 0 spiro atoms. The molecule has 0 aromatic carbocycles. The second-order valence-electron chi connectivity index (χ2n) is 2.94. The maximum atomic E-state index is 5.51. The molecule has 68 valence electrons. The normalized spacial score (nSPS) is 15.3. The molecule has 0 aliphatic rings. The number of rotatable bonds is 6. The number of ether oxygens (including phenoxy) is 1. The van der Waals surface area contributed by atoms with Gasteiger partial charge >= 0.3 is 0 Å². The second-order valence-corrected chi connectivity index (χ2v) is 6.06. The van der Waals surface area contributed by atoms with Gasteiger partial charge in [0.15, 0.2) is 9.76 Å². The van der Waals surface area contributed by atoms with Gasteiger partial charge in [-0.05, 0) is 21.0 Å². The van der Waals surface area contributed by atoms with Crippen LogP contribution >= 0.6 is 0 Å². The Morgan fingerprint density at radius 3 is 2.64 bits per heavy atom. The Hall–Kier alpha value is 0.314. The van der Waals surface area contributed by atoms with Gasteiger partial charge in [0.25, 0.3) is 0 Å². The summed E-state index contributed by atoms with van der Waals surface area (Å²) in [5, 5.41) is 0. The smallest absolute Gasteiger partial charge is 0.171 e. The lowest BCUT2D eigenvalue weighted by Crippen LogP contribution is -2.27. The summed E-state index contributed by atoms with van der Waals surface area (Å²) in [5.41, 5.74) is 0. The van der Waals surface area contributed by atoms with E-state index in [1.165, 1.54) is 0 Å². The van der Waals surface area contributed by atoms with Crippen LogP contribution in [-0.4, -0.2) is 58.1 Å². The third-order valence-electron chi connectivity index (χ3n) is 1.31. The first kappa shape index (κ1) is 11.3. The quantitative estimate of drug-likeness (QED) is 0.370. The molecule has 0 aliphatic carbocycles. The van der Waals surface area contributed by atoms with E-state index in [9.17, 15) is 0 Å². The van der Waals surface area contributed by atoms with Crippen molar-refractivity contribution in [3.8, 4) is 0 Å². The van der Waals surface area contributed by atoms with Crippen molar-refractivity contribution in [2.45, 2.75) is 13.0 Å². The van der Waals surface area contributed by atoms with Crippen molar-refractivity contribution < 1.29 is 8.85 Å². The van der Waals surface area contributed by atoms with Gasteiger partial charge in [-0.25, -0.2) is 0 Å². The van der Waals surface area contributed by atoms with Crippen molar-refractivity contribution in [2.24, 2.45) is 0 Å². The predicted octanol–water partition coefficient (Wildman–Crippen LogP) is -1.71. The molecule has 0 amide bonds. The van der Waals surface area contributed by atoms with E-state index < -0.39 is 0 Å². The fraction of sp³-hybridized carbons (Fsp3) is 1.00. The Morgan fingerprint density at radius 1 is 1.55 bits per heavy atom. The van der Waals surface area contributed by atoms with Crippen LogP contribution in [0.4, 0.5) is 0 Å². The molecule has 0 N–H and O–H groups in total. The average molecular weight is 193 g/mol. The van der Waals surface area contributed by atoms with Crippen LogP contribution in [0.25, 0.3) is 0 Å². The molecule has 1 unspecified atom stereocenters. The fourth-order valence-corrected chi connectivity index (χ4v) is 2.06. The molecule has 1 atom stereocenters. The van der Waals surface area contributed by atoms with Gasteiger partial charge in [0.05, 0.1) is 12.3 Å². The number of nitrogens with zero attached hydrogens (tertiary/aromatic N) is 1. The zero-order chi connectivity index (χ0) is 8.69. The van der Waals surface area contributed by atoms with Crippen LogP contribution in [0.3, 0.4) is 0 Å². The predicted molar refractivity (Wildman–Crippen MR) is 53.5 cm³/mol. The van der Waals surface area contributed by atoms with Crippen LogP contribution in [0.15, 0.2) is 0 Å². The Kier molecular flexibility index (Phi) is 7.19. The maximum absolute atomic E-state index is 5.51. The lowest BCUT2D eigenvalue weighted by Gasteiger charge is -2.16. The fourth-order valence-electron chi connectivity index (χ4n) is 0.900. The largest absolute Gasteiger partial charge is 0.466 e. The molecular weight excluding hydrogens is 174 g/mol. The highest BCUT2D eigenvalue weighted by Crippen LogP contribution is 1.90. The zero-order valence-electron chi connectivity index (χ0n) is 7.96. The summed E-state index contributed by atoms with van der Waals surface area (Å²) in [7, 11) is 4.65. The summed E-state index contributed by atoms with van der Waals surface area (Å²) < 4.78 is 10.6. The highest BCUT2D eigenvalue weighted by atomic mass is 28.3. The lowest BCUT2D eigenvalue weighted by atomic mass is 10.4. The van der Waals surface area contributed by atoms with Gasteiger partial charge in [0.1, 0.15) is 10.5 Å². The first-order valence-electron chi connectivity index (χ1n) is 3.92. The third-order valence-corrected chi connectivity index (χ3v) is 3.35. The molecule has 11 heavy (non-hydrogen) atoms. The van der Waals surface area contributed by atoms with Crippen molar-refractivity contribution in [3.63, 3.8) is 0 Å². The van der Waals surface area contributed by atoms with Crippen LogP contribution in [0, 0.1) is 0 Å². The van der Waals surface area contributed by atoms with Crippen LogP contribution in [0.5, 0.6) is 0 Å². The SMILES string of the molecule is CC(CN(C)C)OC[SiH2]O[SiH3]. The molecule has 0 aromatic heterocycles. The van der Waals surface area contributed by atoms with Crippen molar-refractivity contribution in [1.29, 1.82) is 0 Å². The molecule has 0 aromatic rings. The number of hydrogen-bond donors (Lipinski definition) is 0. The molecule has 0 fully saturated rings. The summed E-state index contributed by atoms with van der Waals surface area (Å²) in [6, 6.07) is 0. The first-order chi connectivity index (χ1) is 5.16. The first-order valence-corrected chi connectivity index (χ1v) is 6.31. The molecule has 0 heterocycles. The van der Waals surface area contributed by atoms with Crippen molar-refractivity contribution in [2.75, 3.05) is 26.9 Å². The zero-order valence-corrected chi connectivity index (χ0v) is 11.4. The number of hydrogen-bond acceptors (Lipinski definition) is 3. The average Bonchev–Trinajstić information content (AvgIpc) is 1.86. The molecule has 0 rings (SSSR count). The van der Waals surface area contributed by atoms with Crippen molar-refractivity contribution >= 4 is 20.2 Å². The van der Waals surface area contributed by atoms with E-state index >= 15 is 0 Å². The maximum Gasteiger partial charge on any atom is 0.171 e. The van der Waals surface area contributed by atoms with E-state index in [0.717, 1.165) is 23.3 Å². The molecule has 3 nitrogen and oxygen atoms in total. The highest BCUT2D eigenvalue weighted by Gasteiger charge is 2.02. The van der Waals surface area contributed by atoms with Crippen LogP contribution in [-0.2, 0) is 8.85 Å². The molecule has 0 radical (unpaired) electrons. The van der Waals surface area contributed by atoms with E-state index in [2.05, 4.69) is 25.9 Å². The summed E-state index contributed by atoms with van der Waals surface area (Å²) in [4.78, 5) is 2.13.